The second kappa shape index (κ2) is 8.57. The highest BCUT2D eigenvalue weighted by Gasteiger charge is 2.17. The van der Waals surface area contributed by atoms with Crippen molar-refractivity contribution in [2.75, 3.05) is 6.54 Å². The number of rotatable bonds is 7. The van der Waals surface area contributed by atoms with Gasteiger partial charge < -0.3 is 5.32 Å². The second-order valence-corrected chi connectivity index (χ2v) is 8.01. The molecule has 0 bridgehead atoms. The van der Waals surface area contributed by atoms with Gasteiger partial charge in [0.25, 0.3) is 5.91 Å². The standard InChI is InChI=1S/C19H20BrClN8O/c1-3-27-10-13(20)18(26-27)16-5-7-22-17-9-15(25-29(16)17)19(30)23-6-4-8-28-11-14(21)12(2)24-28/h5,7,9-11H,3-4,6,8H2,1-2H3,(H,23,30). The van der Waals surface area contributed by atoms with Gasteiger partial charge in [0.15, 0.2) is 11.3 Å². The van der Waals surface area contributed by atoms with Crippen LogP contribution in [0.25, 0.3) is 17.0 Å². The van der Waals surface area contributed by atoms with E-state index < -0.39 is 0 Å². The molecule has 0 saturated heterocycles. The van der Waals surface area contributed by atoms with E-state index in [4.69, 9.17) is 11.6 Å². The van der Waals surface area contributed by atoms with Crippen molar-refractivity contribution in [2.24, 2.45) is 0 Å². The van der Waals surface area contributed by atoms with Crippen molar-refractivity contribution in [3.8, 4) is 11.4 Å². The molecule has 0 unspecified atom stereocenters. The van der Waals surface area contributed by atoms with Gasteiger partial charge in [-0.2, -0.15) is 15.3 Å². The van der Waals surface area contributed by atoms with E-state index in [0.717, 1.165) is 34.5 Å². The maximum atomic E-state index is 12.6. The maximum Gasteiger partial charge on any atom is 0.271 e. The van der Waals surface area contributed by atoms with Gasteiger partial charge in [-0.3, -0.25) is 14.2 Å². The summed E-state index contributed by atoms with van der Waals surface area (Å²) in [6.07, 6.45) is 6.10. The minimum Gasteiger partial charge on any atom is -0.351 e. The molecule has 9 nitrogen and oxygen atoms in total. The van der Waals surface area contributed by atoms with Gasteiger partial charge in [-0.05, 0) is 42.3 Å². The summed E-state index contributed by atoms with van der Waals surface area (Å²) in [5.74, 6) is -0.251. The highest BCUT2D eigenvalue weighted by molar-refractivity contribution is 9.10. The minimum absolute atomic E-state index is 0.251. The third-order valence-electron chi connectivity index (χ3n) is 4.61. The van der Waals surface area contributed by atoms with Crippen LogP contribution in [0.3, 0.4) is 0 Å². The lowest BCUT2D eigenvalue weighted by Gasteiger charge is -2.04. The van der Waals surface area contributed by atoms with Crippen LogP contribution in [-0.2, 0) is 13.1 Å². The van der Waals surface area contributed by atoms with Gasteiger partial charge in [0.2, 0.25) is 0 Å². The fraction of sp³-hybridized carbons (Fsp3) is 0.316. The van der Waals surface area contributed by atoms with Gasteiger partial charge in [-0.1, -0.05) is 11.6 Å². The molecule has 1 N–H and O–H groups in total. The number of halogens is 2. The van der Waals surface area contributed by atoms with Gasteiger partial charge in [0.05, 0.1) is 20.9 Å². The van der Waals surface area contributed by atoms with Gasteiger partial charge in [-0.15, -0.1) is 0 Å². The number of nitrogens with zero attached hydrogens (tertiary/aromatic N) is 7. The summed E-state index contributed by atoms with van der Waals surface area (Å²) < 4.78 is 6.10. The quantitative estimate of drug-likeness (QED) is 0.400. The van der Waals surface area contributed by atoms with Crippen molar-refractivity contribution in [1.29, 1.82) is 0 Å². The summed E-state index contributed by atoms with van der Waals surface area (Å²) in [5, 5.41) is 16.9. The van der Waals surface area contributed by atoms with Crippen LogP contribution in [0.4, 0.5) is 0 Å². The smallest absolute Gasteiger partial charge is 0.271 e. The average Bonchev–Trinajstić information content (AvgIpc) is 3.41. The Morgan fingerprint density at radius 3 is 2.77 bits per heavy atom. The highest BCUT2D eigenvalue weighted by Crippen LogP contribution is 2.26. The Bertz CT molecular complexity index is 1190. The van der Waals surface area contributed by atoms with Crippen LogP contribution >= 0.6 is 27.5 Å². The Hall–Kier alpha value is -2.72. The molecule has 156 valence electrons. The Kier molecular flexibility index (Phi) is 5.87. The van der Waals surface area contributed by atoms with Gasteiger partial charge in [0, 0.05) is 44.3 Å². The van der Waals surface area contributed by atoms with Crippen molar-refractivity contribution in [1.82, 2.24) is 39.5 Å². The minimum atomic E-state index is -0.251. The summed E-state index contributed by atoms with van der Waals surface area (Å²) in [5.41, 5.74) is 3.18. The monoisotopic (exact) mass is 490 g/mol. The molecule has 4 rings (SSSR count). The largest absolute Gasteiger partial charge is 0.351 e. The van der Waals surface area contributed by atoms with Crippen LogP contribution < -0.4 is 5.32 Å². The normalized spacial score (nSPS) is 11.3. The van der Waals surface area contributed by atoms with E-state index in [1.54, 1.807) is 27.7 Å². The first-order chi connectivity index (χ1) is 14.5. The van der Waals surface area contributed by atoms with Crippen LogP contribution in [-0.4, -0.2) is 46.6 Å². The third-order valence-corrected chi connectivity index (χ3v) is 5.56. The number of amides is 1. The van der Waals surface area contributed by atoms with E-state index in [9.17, 15) is 4.79 Å². The highest BCUT2D eigenvalue weighted by atomic mass is 79.9. The molecule has 0 radical (unpaired) electrons. The molecule has 11 heteroatoms. The molecule has 4 heterocycles. The molecule has 0 spiro atoms. The number of carbonyl (C=O) groups excluding carboxylic acids is 1. The zero-order valence-corrected chi connectivity index (χ0v) is 18.9. The molecule has 30 heavy (non-hydrogen) atoms. The predicted octanol–water partition coefficient (Wildman–Crippen LogP) is 3.35. The molecule has 0 atom stereocenters. The van der Waals surface area contributed by atoms with Gasteiger partial charge in [0.1, 0.15) is 5.69 Å². The zero-order chi connectivity index (χ0) is 21.3. The molecular formula is C19H20BrClN8O. The molecule has 0 aliphatic rings. The van der Waals surface area contributed by atoms with Crippen molar-refractivity contribution in [2.45, 2.75) is 33.4 Å². The van der Waals surface area contributed by atoms with Crippen LogP contribution in [0.5, 0.6) is 0 Å². The first-order valence-corrected chi connectivity index (χ1v) is 10.7. The number of carbonyl (C=O) groups is 1. The van der Waals surface area contributed by atoms with Gasteiger partial charge >= 0.3 is 0 Å². The molecule has 0 aromatic carbocycles. The van der Waals surface area contributed by atoms with Gasteiger partial charge in [-0.25, -0.2) is 9.50 Å². The van der Waals surface area contributed by atoms with E-state index in [1.807, 2.05) is 30.8 Å². The molecule has 0 aliphatic carbocycles. The second-order valence-electron chi connectivity index (χ2n) is 6.75. The van der Waals surface area contributed by atoms with Crippen LogP contribution in [0.2, 0.25) is 5.02 Å². The number of nitrogens with one attached hydrogen (secondary N) is 1. The third kappa shape index (κ3) is 4.10. The van der Waals surface area contributed by atoms with E-state index >= 15 is 0 Å². The summed E-state index contributed by atoms with van der Waals surface area (Å²) in [6, 6.07) is 3.49. The van der Waals surface area contributed by atoms with Crippen molar-refractivity contribution < 1.29 is 4.79 Å². The predicted molar refractivity (Wildman–Crippen MR) is 117 cm³/mol. The molecule has 0 saturated carbocycles. The number of aromatic nitrogens is 7. The number of aryl methyl sites for hydroxylation is 3. The molecule has 4 aromatic heterocycles. The van der Waals surface area contributed by atoms with E-state index in [1.165, 1.54) is 0 Å². The van der Waals surface area contributed by atoms with Crippen LogP contribution in [0.15, 0.2) is 35.2 Å². The molecular weight excluding hydrogens is 472 g/mol. The van der Waals surface area contributed by atoms with E-state index in [-0.39, 0.29) is 5.91 Å². The van der Waals surface area contributed by atoms with Crippen molar-refractivity contribution in [3.63, 3.8) is 0 Å². The summed E-state index contributed by atoms with van der Waals surface area (Å²) in [6.45, 7) is 5.79. The molecule has 0 aliphatic heterocycles. The van der Waals surface area contributed by atoms with Crippen LogP contribution in [0.1, 0.15) is 29.5 Å². The summed E-state index contributed by atoms with van der Waals surface area (Å²) in [4.78, 5) is 16.9. The summed E-state index contributed by atoms with van der Waals surface area (Å²) in [7, 11) is 0. The number of hydrogen-bond acceptors (Lipinski definition) is 5. The Morgan fingerprint density at radius 1 is 1.23 bits per heavy atom. The van der Waals surface area contributed by atoms with Crippen molar-refractivity contribution in [3.05, 3.63) is 51.6 Å². The first-order valence-electron chi connectivity index (χ1n) is 9.52. The lowest BCUT2D eigenvalue weighted by molar-refractivity contribution is 0.0947. The Morgan fingerprint density at radius 2 is 2.07 bits per heavy atom. The van der Waals surface area contributed by atoms with E-state index in [2.05, 4.69) is 41.5 Å². The SMILES string of the molecule is CCn1cc(Br)c(-c2ccnc3cc(C(=O)NCCCn4cc(Cl)c(C)n4)nn23)n1. The molecule has 0 fully saturated rings. The van der Waals surface area contributed by atoms with Crippen molar-refractivity contribution >= 4 is 39.1 Å². The lowest BCUT2D eigenvalue weighted by atomic mass is 10.3. The lowest BCUT2D eigenvalue weighted by Crippen LogP contribution is -2.25. The Labute approximate surface area is 186 Å². The molecule has 4 aromatic rings. The maximum absolute atomic E-state index is 12.6. The average molecular weight is 492 g/mol. The first kappa shape index (κ1) is 20.5. The fourth-order valence-corrected chi connectivity index (χ4v) is 3.73. The summed E-state index contributed by atoms with van der Waals surface area (Å²) >= 11 is 9.55. The number of hydrogen-bond donors (Lipinski definition) is 1. The number of fused-ring (bicyclic) bond motifs is 1. The van der Waals surface area contributed by atoms with Crippen LogP contribution in [0, 0.1) is 6.92 Å². The van der Waals surface area contributed by atoms with E-state index in [0.29, 0.717) is 29.5 Å². The fourth-order valence-electron chi connectivity index (χ4n) is 3.06. The molecule has 1 amide bonds. The zero-order valence-electron chi connectivity index (χ0n) is 16.5. The topological polar surface area (TPSA) is 94.9 Å². The Balaban J connectivity index is 1.46.